The topological polar surface area (TPSA) is 84.5 Å². The molecule has 0 aromatic carbocycles. The molecule has 1 atom stereocenters. The monoisotopic (exact) mass is 328 g/mol. The Morgan fingerprint density at radius 3 is 2.40 bits per heavy atom. The van der Waals surface area contributed by atoms with Crippen molar-refractivity contribution in [2.75, 3.05) is 24.7 Å². The summed E-state index contributed by atoms with van der Waals surface area (Å²) in [5.74, 6) is 0.228. The molecule has 0 heterocycles. The first kappa shape index (κ1) is 19.5. The van der Waals surface area contributed by atoms with E-state index >= 15 is 0 Å². The van der Waals surface area contributed by atoms with Gasteiger partial charge in [-0.25, -0.2) is 17.9 Å². The van der Waals surface area contributed by atoms with Crippen molar-refractivity contribution >= 4 is 27.7 Å². The first-order valence-corrected chi connectivity index (χ1v) is 8.74. The Morgan fingerprint density at radius 1 is 1.30 bits per heavy atom. The summed E-state index contributed by atoms with van der Waals surface area (Å²) in [5, 5.41) is 2.56. The van der Waals surface area contributed by atoms with E-state index in [-0.39, 0.29) is 18.2 Å². The number of ether oxygens (including phenoxy) is 1. The lowest BCUT2D eigenvalue weighted by Gasteiger charge is -2.19. The fraction of sp³-hybridized carbons (Fsp3) is 0.917. The van der Waals surface area contributed by atoms with Crippen LogP contribution in [-0.2, 0) is 14.8 Å². The van der Waals surface area contributed by atoms with E-state index in [4.69, 9.17) is 16.3 Å². The van der Waals surface area contributed by atoms with E-state index in [1.165, 1.54) is 0 Å². The van der Waals surface area contributed by atoms with E-state index in [9.17, 15) is 13.2 Å². The zero-order valence-electron chi connectivity index (χ0n) is 12.5. The number of carbonyl (C=O) groups excluding carboxylic acids is 1. The number of carbonyl (C=O) groups is 1. The average Bonchev–Trinajstić information content (AvgIpc) is 2.25. The van der Waals surface area contributed by atoms with Crippen LogP contribution in [0.1, 0.15) is 34.1 Å². The molecule has 0 spiro atoms. The molecule has 120 valence electrons. The molecule has 20 heavy (non-hydrogen) atoms. The molecule has 1 unspecified atom stereocenters. The minimum atomic E-state index is -3.30. The van der Waals surface area contributed by atoms with E-state index < -0.39 is 21.7 Å². The van der Waals surface area contributed by atoms with Gasteiger partial charge in [-0.15, -0.1) is 11.6 Å². The van der Waals surface area contributed by atoms with E-state index in [0.29, 0.717) is 18.8 Å². The lowest BCUT2D eigenvalue weighted by Crippen LogP contribution is -2.35. The quantitative estimate of drug-likeness (QED) is 0.524. The minimum absolute atomic E-state index is 0.00992. The number of nitrogens with one attached hydrogen (secondary N) is 2. The van der Waals surface area contributed by atoms with Crippen molar-refractivity contribution < 1.29 is 17.9 Å². The number of rotatable bonds is 8. The highest BCUT2D eigenvalue weighted by molar-refractivity contribution is 7.89. The van der Waals surface area contributed by atoms with Crippen LogP contribution >= 0.6 is 11.6 Å². The van der Waals surface area contributed by atoms with Crippen LogP contribution in [0.3, 0.4) is 0 Å². The highest BCUT2D eigenvalue weighted by Gasteiger charge is 2.16. The first-order chi connectivity index (χ1) is 9.06. The standard InChI is InChI=1S/C12H25ClN2O4S/c1-10(8-13)9-20(17,18)15-7-5-6-14-11(16)19-12(2,3)4/h10,15H,5-9H2,1-4H3,(H,14,16). The lowest BCUT2D eigenvalue weighted by atomic mass is 10.2. The fourth-order valence-electron chi connectivity index (χ4n) is 1.30. The maximum atomic E-state index is 11.6. The van der Waals surface area contributed by atoms with Crippen LogP contribution in [0.4, 0.5) is 4.79 Å². The second-order valence-electron chi connectivity index (χ2n) is 5.72. The normalized spacial score (nSPS) is 13.8. The third-order valence-corrected chi connectivity index (χ3v) is 4.29. The van der Waals surface area contributed by atoms with Gasteiger partial charge >= 0.3 is 6.09 Å². The SMILES string of the molecule is CC(CCl)CS(=O)(=O)NCCCNC(=O)OC(C)(C)C. The molecule has 0 aliphatic carbocycles. The number of hydrogen-bond acceptors (Lipinski definition) is 4. The van der Waals surface area contributed by atoms with Crippen molar-refractivity contribution in [3.05, 3.63) is 0 Å². The van der Waals surface area contributed by atoms with Crippen molar-refractivity contribution in [2.24, 2.45) is 5.92 Å². The molecule has 6 nitrogen and oxygen atoms in total. The van der Waals surface area contributed by atoms with E-state index in [1.807, 2.05) is 0 Å². The van der Waals surface area contributed by atoms with Crippen molar-refractivity contribution in [3.63, 3.8) is 0 Å². The average molecular weight is 329 g/mol. The zero-order chi connectivity index (χ0) is 15.8. The van der Waals surface area contributed by atoms with Crippen LogP contribution in [0.2, 0.25) is 0 Å². The molecular weight excluding hydrogens is 304 g/mol. The summed E-state index contributed by atoms with van der Waals surface area (Å²) in [7, 11) is -3.30. The summed E-state index contributed by atoms with van der Waals surface area (Å²) >= 11 is 5.58. The fourth-order valence-corrected chi connectivity index (χ4v) is 2.98. The summed E-state index contributed by atoms with van der Waals surface area (Å²) < 4.78 is 30.7. The highest BCUT2D eigenvalue weighted by Crippen LogP contribution is 2.06. The predicted molar refractivity (Wildman–Crippen MR) is 80.5 cm³/mol. The van der Waals surface area contributed by atoms with Crippen LogP contribution in [-0.4, -0.2) is 44.8 Å². The minimum Gasteiger partial charge on any atom is -0.444 e. The summed E-state index contributed by atoms with van der Waals surface area (Å²) in [6.45, 7) is 7.72. The molecule has 2 N–H and O–H groups in total. The second kappa shape index (κ2) is 8.69. The Bertz CT molecular complexity index is 393. The molecule has 0 fully saturated rings. The zero-order valence-corrected chi connectivity index (χ0v) is 14.1. The Kier molecular flexibility index (Phi) is 8.46. The van der Waals surface area contributed by atoms with E-state index in [1.54, 1.807) is 27.7 Å². The maximum absolute atomic E-state index is 11.6. The van der Waals surface area contributed by atoms with Gasteiger partial charge in [-0.1, -0.05) is 6.92 Å². The number of hydrogen-bond donors (Lipinski definition) is 2. The molecule has 0 saturated carbocycles. The molecule has 0 rings (SSSR count). The maximum Gasteiger partial charge on any atom is 0.407 e. The number of amides is 1. The van der Waals surface area contributed by atoms with Crippen molar-refractivity contribution in [2.45, 2.75) is 39.7 Å². The van der Waals surface area contributed by atoms with Crippen molar-refractivity contribution in [1.29, 1.82) is 0 Å². The Labute approximate surface area is 126 Å². The molecule has 0 aromatic rings. The van der Waals surface area contributed by atoms with Gasteiger partial charge in [0.25, 0.3) is 0 Å². The van der Waals surface area contributed by atoms with Gasteiger partial charge in [0.1, 0.15) is 5.60 Å². The van der Waals surface area contributed by atoms with Crippen LogP contribution in [0.5, 0.6) is 0 Å². The number of halogens is 1. The molecule has 1 amide bonds. The highest BCUT2D eigenvalue weighted by atomic mass is 35.5. The van der Waals surface area contributed by atoms with Gasteiger partial charge in [-0.2, -0.15) is 0 Å². The Hall–Kier alpha value is -0.530. The molecule has 8 heteroatoms. The van der Waals surface area contributed by atoms with E-state index in [0.717, 1.165) is 0 Å². The second-order valence-corrected chi connectivity index (χ2v) is 7.88. The first-order valence-electron chi connectivity index (χ1n) is 6.56. The molecular formula is C12H25ClN2O4S. The summed E-state index contributed by atoms with van der Waals surface area (Å²) in [6, 6.07) is 0. The molecule has 0 aromatic heterocycles. The predicted octanol–water partition coefficient (Wildman–Crippen LogP) is 1.70. The molecule has 0 bridgehead atoms. The lowest BCUT2D eigenvalue weighted by molar-refractivity contribution is 0.0527. The largest absolute Gasteiger partial charge is 0.444 e. The van der Waals surface area contributed by atoms with Gasteiger partial charge in [0, 0.05) is 19.0 Å². The number of alkyl carbamates (subject to hydrolysis) is 1. The number of sulfonamides is 1. The summed E-state index contributed by atoms with van der Waals surface area (Å²) in [5.41, 5.74) is -0.538. The van der Waals surface area contributed by atoms with Gasteiger partial charge < -0.3 is 10.1 Å². The van der Waals surface area contributed by atoms with Crippen LogP contribution in [0, 0.1) is 5.92 Å². The van der Waals surface area contributed by atoms with Crippen molar-refractivity contribution in [1.82, 2.24) is 10.0 Å². The third-order valence-electron chi connectivity index (χ3n) is 2.11. The van der Waals surface area contributed by atoms with E-state index in [2.05, 4.69) is 10.0 Å². The number of alkyl halides is 1. The van der Waals surface area contributed by atoms with Gasteiger partial charge in [0.2, 0.25) is 10.0 Å². The van der Waals surface area contributed by atoms with Crippen LogP contribution in [0.25, 0.3) is 0 Å². The Balaban J connectivity index is 3.79. The van der Waals surface area contributed by atoms with Gasteiger partial charge in [-0.05, 0) is 33.1 Å². The van der Waals surface area contributed by atoms with Gasteiger partial charge in [0.15, 0.2) is 0 Å². The van der Waals surface area contributed by atoms with Gasteiger partial charge in [0.05, 0.1) is 5.75 Å². The smallest absolute Gasteiger partial charge is 0.407 e. The van der Waals surface area contributed by atoms with Gasteiger partial charge in [-0.3, -0.25) is 0 Å². The molecule has 0 aliphatic rings. The summed E-state index contributed by atoms with van der Waals surface area (Å²) in [6.07, 6.45) is -0.00981. The summed E-state index contributed by atoms with van der Waals surface area (Å²) in [4.78, 5) is 11.3. The van der Waals surface area contributed by atoms with Crippen LogP contribution in [0.15, 0.2) is 0 Å². The molecule has 0 aliphatic heterocycles. The molecule has 0 saturated heterocycles. The van der Waals surface area contributed by atoms with Crippen LogP contribution < -0.4 is 10.0 Å². The van der Waals surface area contributed by atoms with Crippen molar-refractivity contribution in [3.8, 4) is 0 Å². The Morgan fingerprint density at radius 2 is 1.90 bits per heavy atom. The third kappa shape index (κ3) is 11.3. The molecule has 0 radical (unpaired) electrons.